The fraction of sp³-hybridized carbons (Fsp3) is 0.500. The number of hydrogen-bond donors (Lipinski definition) is 2. The van der Waals surface area contributed by atoms with Crippen LogP contribution in [0.1, 0.15) is 12.0 Å². The normalized spacial score (nSPS) is 17.8. The molecule has 3 nitrogen and oxygen atoms in total. The Bertz CT molecular complexity index is 354. The summed E-state index contributed by atoms with van der Waals surface area (Å²) in [6, 6.07) is 7.55. The molecule has 0 unspecified atom stereocenters. The van der Waals surface area contributed by atoms with Gasteiger partial charge in [0, 0.05) is 18.8 Å². The van der Waals surface area contributed by atoms with E-state index in [4.69, 9.17) is 10.0 Å². The average molecular weight is 251 g/mol. The third kappa shape index (κ3) is 4.03. The second-order valence-corrected chi connectivity index (χ2v) is 5.59. The van der Waals surface area contributed by atoms with Crippen molar-refractivity contribution >= 4 is 24.3 Å². The Kier molecular flexibility index (Phi) is 4.92. The van der Waals surface area contributed by atoms with E-state index in [0.29, 0.717) is 5.46 Å². The molecule has 0 aliphatic carbocycles. The van der Waals surface area contributed by atoms with Crippen molar-refractivity contribution in [1.82, 2.24) is 4.90 Å². The molecule has 17 heavy (non-hydrogen) atoms. The highest BCUT2D eigenvalue weighted by Gasteiger charge is 2.13. The SMILES string of the molecule is OB(O)c1cccc(CN2CCCSCC2)c1. The summed E-state index contributed by atoms with van der Waals surface area (Å²) in [6.07, 6.45) is 1.24. The van der Waals surface area contributed by atoms with Crippen LogP contribution in [0.4, 0.5) is 0 Å². The van der Waals surface area contributed by atoms with Gasteiger partial charge in [0.1, 0.15) is 0 Å². The summed E-state index contributed by atoms with van der Waals surface area (Å²) in [5.74, 6) is 2.45. The van der Waals surface area contributed by atoms with Crippen LogP contribution < -0.4 is 5.46 Å². The zero-order valence-corrected chi connectivity index (χ0v) is 10.7. The molecule has 1 saturated heterocycles. The molecule has 0 atom stereocenters. The van der Waals surface area contributed by atoms with Gasteiger partial charge in [-0.2, -0.15) is 11.8 Å². The number of thioether (sulfide) groups is 1. The maximum atomic E-state index is 9.14. The Morgan fingerprint density at radius 2 is 2.12 bits per heavy atom. The van der Waals surface area contributed by atoms with Gasteiger partial charge in [-0.1, -0.05) is 24.3 Å². The van der Waals surface area contributed by atoms with E-state index in [1.165, 1.54) is 17.9 Å². The van der Waals surface area contributed by atoms with Crippen molar-refractivity contribution in [2.24, 2.45) is 0 Å². The van der Waals surface area contributed by atoms with E-state index in [2.05, 4.69) is 4.90 Å². The van der Waals surface area contributed by atoms with E-state index in [-0.39, 0.29) is 0 Å². The summed E-state index contributed by atoms with van der Waals surface area (Å²) < 4.78 is 0. The molecule has 2 rings (SSSR count). The molecule has 1 aromatic rings. The maximum Gasteiger partial charge on any atom is 0.488 e. The van der Waals surface area contributed by atoms with Gasteiger partial charge in [-0.25, -0.2) is 0 Å². The first kappa shape index (κ1) is 13.0. The van der Waals surface area contributed by atoms with Crippen LogP contribution in [0.3, 0.4) is 0 Å². The van der Waals surface area contributed by atoms with Gasteiger partial charge >= 0.3 is 7.12 Å². The fourth-order valence-corrected chi connectivity index (χ4v) is 2.99. The lowest BCUT2D eigenvalue weighted by Gasteiger charge is -2.19. The second kappa shape index (κ2) is 6.45. The summed E-state index contributed by atoms with van der Waals surface area (Å²) in [6.45, 7) is 3.16. The first-order chi connectivity index (χ1) is 8.25. The Hall–Kier alpha value is -0.485. The minimum atomic E-state index is -1.37. The predicted octanol–water partition coefficient (Wildman–Crippen LogP) is 0.305. The highest BCUT2D eigenvalue weighted by molar-refractivity contribution is 7.99. The minimum Gasteiger partial charge on any atom is -0.423 e. The molecule has 1 aliphatic rings. The molecular weight excluding hydrogens is 233 g/mol. The summed E-state index contributed by atoms with van der Waals surface area (Å²) in [4.78, 5) is 2.43. The zero-order chi connectivity index (χ0) is 12.1. The van der Waals surface area contributed by atoms with Crippen LogP contribution in [0.15, 0.2) is 24.3 Å². The summed E-state index contributed by atoms with van der Waals surface area (Å²) >= 11 is 2.02. The maximum absolute atomic E-state index is 9.14. The van der Waals surface area contributed by atoms with E-state index in [1.54, 1.807) is 6.07 Å². The Morgan fingerprint density at radius 1 is 1.24 bits per heavy atom. The molecule has 0 spiro atoms. The molecule has 1 fully saturated rings. The minimum absolute atomic E-state index is 0.576. The number of hydrogen-bond acceptors (Lipinski definition) is 4. The van der Waals surface area contributed by atoms with E-state index in [1.807, 2.05) is 30.0 Å². The summed E-state index contributed by atoms with van der Waals surface area (Å²) in [7, 11) is -1.37. The van der Waals surface area contributed by atoms with Crippen LogP contribution >= 0.6 is 11.8 Å². The van der Waals surface area contributed by atoms with Crippen molar-refractivity contribution < 1.29 is 10.0 Å². The molecule has 92 valence electrons. The number of benzene rings is 1. The molecule has 5 heteroatoms. The quantitative estimate of drug-likeness (QED) is 0.759. The monoisotopic (exact) mass is 251 g/mol. The lowest BCUT2D eigenvalue weighted by molar-refractivity contribution is 0.287. The van der Waals surface area contributed by atoms with Crippen LogP contribution in [0, 0.1) is 0 Å². The number of rotatable bonds is 3. The van der Waals surface area contributed by atoms with E-state index in [0.717, 1.165) is 25.2 Å². The predicted molar refractivity (Wildman–Crippen MR) is 73.5 cm³/mol. The molecule has 1 aliphatic heterocycles. The zero-order valence-electron chi connectivity index (χ0n) is 9.88. The van der Waals surface area contributed by atoms with Crippen LogP contribution in [0.25, 0.3) is 0 Å². The Morgan fingerprint density at radius 3 is 2.94 bits per heavy atom. The van der Waals surface area contributed by atoms with E-state index < -0.39 is 7.12 Å². The van der Waals surface area contributed by atoms with Gasteiger partial charge in [0.05, 0.1) is 0 Å². The molecule has 1 aromatic carbocycles. The molecule has 0 amide bonds. The first-order valence-corrected chi connectivity index (χ1v) is 7.16. The third-order valence-corrected chi connectivity index (χ3v) is 4.02. The van der Waals surface area contributed by atoms with Gasteiger partial charge in [0.15, 0.2) is 0 Å². The molecular formula is C12H18BNO2S. The van der Waals surface area contributed by atoms with Crippen molar-refractivity contribution in [3.8, 4) is 0 Å². The van der Waals surface area contributed by atoms with Crippen molar-refractivity contribution in [2.45, 2.75) is 13.0 Å². The summed E-state index contributed by atoms with van der Waals surface area (Å²) in [5, 5.41) is 18.3. The number of nitrogens with zero attached hydrogens (tertiary/aromatic N) is 1. The van der Waals surface area contributed by atoms with Crippen LogP contribution in [-0.4, -0.2) is 46.7 Å². The first-order valence-electron chi connectivity index (χ1n) is 6.01. The smallest absolute Gasteiger partial charge is 0.423 e. The molecule has 0 radical (unpaired) electrons. The standard InChI is InChI=1S/C12H18BNO2S/c15-13(16)12-4-1-3-11(9-12)10-14-5-2-7-17-8-6-14/h1,3-4,9,15-16H,2,5-8,10H2. The van der Waals surface area contributed by atoms with Crippen molar-refractivity contribution in [3.05, 3.63) is 29.8 Å². The van der Waals surface area contributed by atoms with Gasteiger partial charge in [0.25, 0.3) is 0 Å². The van der Waals surface area contributed by atoms with E-state index in [9.17, 15) is 0 Å². The molecule has 2 N–H and O–H groups in total. The second-order valence-electron chi connectivity index (χ2n) is 4.36. The van der Waals surface area contributed by atoms with Gasteiger partial charge < -0.3 is 10.0 Å². The fourth-order valence-electron chi connectivity index (χ4n) is 2.07. The third-order valence-electron chi connectivity index (χ3n) is 2.97. The van der Waals surface area contributed by atoms with Gasteiger partial charge in [-0.3, -0.25) is 4.90 Å². The molecule has 0 bridgehead atoms. The molecule has 1 heterocycles. The molecule has 0 aromatic heterocycles. The van der Waals surface area contributed by atoms with Gasteiger partial charge in [0.2, 0.25) is 0 Å². The van der Waals surface area contributed by atoms with Crippen LogP contribution in [0.5, 0.6) is 0 Å². The largest absolute Gasteiger partial charge is 0.488 e. The highest BCUT2D eigenvalue weighted by Crippen LogP contribution is 2.12. The lowest BCUT2D eigenvalue weighted by Crippen LogP contribution is -2.31. The van der Waals surface area contributed by atoms with E-state index >= 15 is 0 Å². The summed E-state index contributed by atoms with van der Waals surface area (Å²) in [5.41, 5.74) is 1.73. The molecule has 0 saturated carbocycles. The Labute approximate surface area is 107 Å². The van der Waals surface area contributed by atoms with Crippen molar-refractivity contribution in [2.75, 3.05) is 24.6 Å². The highest BCUT2D eigenvalue weighted by atomic mass is 32.2. The van der Waals surface area contributed by atoms with Gasteiger partial charge in [-0.15, -0.1) is 0 Å². The average Bonchev–Trinajstić information content (AvgIpc) is 2.58. The van der Waals surface area contributed by atoms with Crippen molar-refractivity contribution in [1.29, 1.82) is 0 Å². The van der Waals surface area contributed by atoms with Crippen LogP contribution in [-0.2, 0) is 6.54 Å². The topological polar surface area (TPSA) is 43.7 Å². The van der Waals surface area contributed by atoms with Gasteiger partial charge in [-0.05, 0) is 29.7 Å². The van der Waals surface area contributed by atoms with Crippen LogP contribution in [0.2, 0.25) is 0 Å². The lowest BCUT2D eigenvalue weighted by atomic mass is 9.79. The van der Waals surface area contributed by atoms with Crippen molar-refractivity contribution in [3.63, 3.8) is 0 Å². The Balaban J connectivity index is 1.99.